The van der Waals surface area contributed by atoms with Gasteiger partial charge in [-0.1, -0.05) is 11.4 Å². The summed E-state index contributed by atoms with van der Waals surface area (Å²) < 4.78 is 15.1. The van der Waals surface area contributed by atoms with E-state index >= 15 is 0 Å². The van der Waals surface area contributed by atoms with Crippen LogP contribution >= 0.6 is 17.1 Å². The summed E-state index contributed by atoms with van der Waals surface area (Å²) in [6.07, 6.45) is 0.989. The number of guanidine groups is 1. The molecule has 1 heterocycles. The van der Waals surface area contributed by atoms with Crippen molar-refractivity contribution in [2.45, 2.75) is 6.42 Å². The first kappa shape index (κ1) is 25.0. The van der Waals surface area contributed by atoms with Crippen LogP contribution < -0.4 is 16.0 Å². The molecule has 1 saturated heterocycles. The lowest BCUT2D eigenvalue weighted by Crippen LogP contribution is -2.38. The minimum atomic E-state index is -2.26. The lowest BCUT2D eigenvalue weighted by molar-refractivity contribution is -0.485. The summed E-state index contributed by atoms with van der Waals surface area (Å²) in [7, 11) is 6.13. The van der Waals surface area contributed by atoms with Crippen molar-refractivity contribution in [2.75, 3.05) is 53.8 Å². The van der Waals surface area contributed by atoms with Crippen LogP contribution in [0.15, 0.2) is 5.10 Å². The monoisotopic (exact) mass is 431 g/mol. The largest absolute Gasteiger partial charge is 0.381 e. The molecule has 0 aromatic rings. The Labute approximate surface area is 162 Å². The van der Waals surface area contributed by atoms with Gasteiger partial charge >= 0.3 is 0 Å². The fourth-order valence-corrected chi connectivity index (χ4v) is 4.34. The van der Waals surface area contributed by atoms with E-state index in [1.807, 2.05) is 0 Å². The van der Waals surface area contributed by atoms with Crippen LogP contribution in [0.2, 0.25) is 0 Å². The maximum Gasteiger partial charge on any atom is 0.268 e. The number of nitrogens with one attached hydrogen (secondary N) is 3. The smallest absolute Gasteiger partial charge is 0.268 e. The van der Waals surface area contributed by atoms with Crippen LogP contribution in [0.3, 0.4) is 0 Å². The Morgan fingerprint density at radius 3 is 2.50 bits per heavy atom. The van der Waals surface area contributed by atoms with Crippen LogP contribution in [0.1, 0.15) is 6.42 Å². The SMILES string of the molecule is CN/C(=N/[N+](=O)[O-])NCC1CCOC1.CNC(=O)CSP(=S)(OC)OC. The third-order valence-electron chi connectivity index (χ3n) is 3.08. The molecule has 0 aliphatic carbocycles. The molecule has 1 unspecified atom stereocenters. The van der Waals surface area contributed by atoms with E-state index in [1.165, 1.54) is 25.6 Å². The van der Waals surface area contributed by atoms with Gasteiger partial charge in [-0.2, -0.15) is 0 Å². The van der Waals surface area contributed by atoms with E-state index in [2.05, 4.69) is 21.1 Å². The number of amides is 1. The van der Waals surface area contributed by atoms with Gasteiger partial charge in [0, 0.05) is 47.4 Å². The number of hydrogen-bond donors (Lipinski definition) is 3. The predicted octanol–water partition coefficient (Wildman–Crippen LogP) is 0.363. The average molecular weight is 431 g/mol. The van der Waals surface area contributed by atoms with Crippen molar-refractivity contribution in [3.05, 3.63) is 10.1 Å². The van der Waals surface area contributed by atoms with Crippen molar-refractivity contribution < 1.29 is 23.6 Å². The molecular weight excluding hydrogens is 405 g/mol. The minimum absolute atomic E-state index is 0.0803. The van der Waals surface area contributed by atoms with Gasteiger partial charge in [0.05, 0.1) is 12.4 Å². The molecule has 11 nitrogen and oxygen atoms in total. The minimum Gasteiger partial charge on any atom is -0.381 e. The first-order valence-corrected chi connectivity index (χ1v) is 11.8. The van der Waals surface area contributed by atoms with E-state index in [-0.39, 0.29) is 17.6 Å². The third kappa shape index (κ3) is 11.6. The zero-order valence-corrected chi connectivity index (χ0v) is 17.7. The van der Waals surface area contributed by atoms with Gasteiger partial charge in [0.25, 0.3) is 5.96 Å². The molecule has 0 spiro atoms. The molecule has 0 bridgehead atoms. The number of hydrazone groups is 1. The van der Waals surface area contributed by atoms with Gasteiger partial charge in [-0.05, 0) is 18.2 Å². The number of rotatable bonds is 8. The molecule has 3 N–H and O–H groups in total. The molecule has 1 atom stereocenters. The molecule has 152 valence electrons. The second kappa shape index (κ2) is 14.1. The van der Waals surface area contributed by atoms with Crippen LogP contribution in [0, 0.1) is 16.0 Å². The van der Waals surface area contributed by atoms with Crippen LogP contribution in [-0.4, -0.2) is 70.7 Å². The molecule has 26 heavy (non-hydrogen) atoms. The van der Waals surface area contributed by atoms with Crippen molar-refractivity contribution in [3.63, 3.8) is 0 Å². The molecule has 0 aromatic carbocycles. The summed E-state index contributed by atoms with van der Waals surface area (Å²) in [6, 6.07) is 0. The standard InChI is InChI=1S/C7H14N4O3.C5H12NO3PS2/c1-8-7(10-11(12)13)9-4-6-2-3-14-5-6;1-6-5(7)4-12-10(11,8-2)9-3/h6H,2-5H2,1H3,(H2,8,9,10);4H2,1-3H3,(H,6,7). The topological polar surface area (TPSA) is 136 Å². The molecule has 0 saturated carbocycles. The highest BCUT2D eigenvalue weighted by molar-refractivity contribution is 8.68. The molecule has 1 rings (SSSR count). The van der Waals surface area contributed by atoms with Crippen molar-refractivity contribution in [3.8, 4) is 0 Å². The molecule has 1 aliphatic rings. The van der Waals surface area contributed by atoms with Gasteiger partial charge < -0.3 is 29.7 Å². The summed E-state index contributed by atoms with van der Waals surface area (Å²) in [4.78, 5) is 20.9. The Morgan fingerprint density at radius 2 is 2.08 bits per heavy atom. The average Bonchev–Trinajstić information content (AvgIpc) is 3.16. The summed E-state index contributed by atoms with van der Waals surface area (Å²) >= 11 is 6.25. The fourth-order valence-electron chi connectivity index (χ4n) is 1.63. The second-order valence-electron chi connectivity index (χ2n) is 4.81. The van der Waals surface area contributed by atoms with E-state index in [4.69, 9.17) is 25.6 Å². The second-order valence-corrected chi connectivity index (χ2v) is 11.3. The number of ether oxygens (including phenoxy) is 1. The third-order valence-corrected chi connectivity index (χ3v) is 8.76. The normalized spacial score (nSPS) is 17.1. The Kier molecular flexibility index (Phi) is 13.6. The quantitative estimate of drug-likeness (QED) is 0.162. The van der Waals surface area contributed by atoms with Crippen LogP contribution in [0.5, 0.6) is 0 Å². The van der Waals surface area contributed by atoms with E-state index < -0.39 is 10.7 Å². The maximum atomic E-state index is 10.8. The van der Waals surface area contributed by atoms with E-state index in [0.29, 0.717) is 19.1 Å². The lowest BCUT2D eigenvalue weighted by atomic mass is 10.1. The van der Waals surface area contributed by atoms with E-state index in [0.717, 1.165) is 13.0 Å². The number of nitro groups is 1. The van der Waals surface area contributed by atoms with Crippen LogP contribution in [0.4, 0.5) is 0 Å². The van der Waals surface area contributed by atoms with Crippen molar-refractivity contribution in [1.29, 1.82) is 0 Å². The van der Waals surface area contributed by atoms with E-state index in [9.17, 15) is 14.9 Å². The molecule has 1 amide bonds. The molecule has 1 fully saturated rings. The van der Waals surface area contributed by atoms with Crippen LogP contribution in [-0.2, 0) is 30.4 Å². The molecule has 1 aliphatic heterocycles. The van der Waals surface area contributed by atoms with Gasteiger partial charge in [0.15, 0.2) is 5.03 Å². The summed E-state index contributed by atoms with van der Waals surface area (Å²) in [5.74, 6) is 0.792. The van der Waals surface area contributed by atoms with Gasteiger partial charge in [-0.15, -0.1) is 0 Å². The molecule has 14 heteroatoms. The number of carbonyl (C=O) groups is 1. The zero-order chi connectivity index (χ0) is 20.0. The highest BCUT2D eigenvalue weighted by Crippen LogP contribution is 2.59. The van der Waals surface area contributed by atoms with Crippen molar-refractivity contribution >= 4 is 40.7 Å². The zero-order valence-electron chi connectivity index (χ0n) is 15.2. The highest BCUT2D eigenvalue weighted by Gasteiger charge is 2.17. The Hall–Kier alpha value is -0.980. The first-order chi connectivity index (χ1) is 12.3. The van der Waals surface area contributed by atoms with Gasteiger partial charge in [-0.25, -0.2) is 10.1 Å². The summed E-state index contributed by atoms with van der Waals surface area (Å²) in [6.45, 7) is 2.13. The van der Waals surface area contributed by atoms with Gasteiger partial charge in [0.2, 0.25) is 11.6 Å². The number of carbonyl (C=O) groups excluding carboxylic acids is 1. The Balaban J connectivity index is 0.000000488. The Bertz CT molecular complexity index is 510. The lowest BCUT2D eigenvalue weighted by Gasteiger charge is -2.15. The van der Waals surface area contributed by atoms with Crippen molar-refractivity contribution in [1.82, 2.24) is 16.0 Å². The fraction of sp³-hybridized carbons (Fsp3) is 0.833. The van der Waals surface area contributed by atoms with Gasteiger partial charge in [0.1, 0.15) is 5.10 Å². The number of hydrogen-bond acceptors (Lipinski definition) is 8. The Morgan fingerprint density at radius 1 is 1.42 bits per heavy atom. The maximum absolute atomic E-state index is 10.8. The number of nitrogens with zero attached hydrogens (tertiary/aromatic N) is 2. The molecule has 0 aromatic heterocycles. The highest BCUT2D eigenvalue weighted by atomic mass is 32.9. The van der Waals surface area contributed by atoms with E-state index in [1.54, 1.807) is 14.1 Å². The summed E-state index contributed by atoms with van der Waals surface area (Å²) in [5.41, 5.74) is -2.26. The first-order valence-electron chi connectivity index (χ1n) is 7.59. The summed E-state index contributed by atoms with van der Waals surface area (Å²) in [5, 5.41) is 20.4. The predicted molar refractivity (Wildman–Crippen MR) is 105 cm³/mol. The molecular formula is C12H26N5O6PS2. The van der Waals surface area contributed by atoms with Gasteiger partial charge in [-0.3, -0.25) is 4.79 Å². The molecule has 0 radical (unpaired) electrons. The van der Waals surface area contributed by atoms with Crippen molar-refractivity contribution in [2.24, 2.45) is 11.0 Å². The van der Waals surface area contributed by atoms with Crippen LogP contribution in [0.25, 0.3) is 0 Å².